The molecule has 3 aliphatic carbocycles. The van der Waals surface area contributed by atoms with Crippen molar-refractivity contribution >= 4 is 28.9 Å². The smallest absolute Gasteiger partial charge is 0.253 e. The lowest BCUT2D eigenvalue weighted by molar-refractivity contribution is 0.0443. The molecule has 1 saturated heterocycles. The molecule has 4 fully saturated rings. The molecule has 5 heterocycles. The van der Waals surface area contributed by atoms with Crippen LogP contribution in [0.1, 0.15) is 214 Å². The highest BCUT2D eigenvalue weighted by Crippen LogP contribution is 2.41. The Labute approximate surface area is 756 Å². The van der Waals surface area contributed by atoms with Crippen LogP contribution in [0.3, 0.4) is 0 Å². The van der Waals surface area contributed by atoms with Gasteiger partial charge in [-0.25, -0.2) is 4.98 Å². The molecular formula is C102H140N14O12. The molecule has 0 bridgehead atoms. The van der Waals surface area contributed by atoms with Crippen LogP contribution in [0.4, 0.5) is 17.1 Å². The molecule has 1 aliphatic heterocycles. The quantitative estimate of drug-likeness (QED) is 0.0128. The van der Waals surface area contributed by atoms with Crippen LogP contribution in [-0.4, -0.2) is 223 Å². The molecule has 4 aromatic carbocycles. The number of nitrogens with one attached hydrogen (secondary N) is 6. The van der Waals surface area contributed by atoms with Gasteiger partial charge in [0.05, 0.1) is 39.6 Å². The molecular weight excluding hydrogens is 1610 g/mol. The molecule has 1 unspecified atom stereocenters. The van der Waals surface area contributed by atoms with Crippen molar-refractivity contribution in [2.24, 2.45) is 0 Å². The number of aryl methyl sites for hydroxylation is 4. The summed E-state index contributed by atoms with van der Waals surface area (Å²) in [6.45, 7) is 33.2. The van der Waals surface area contributed by atoms with E-state index in [2.05, 4.69) is 142 Å². The first-order chi connectivity index (χ1) is 61.6. The first-order valence-corrected chi connectivity index (χ1v) is 46.4. The van der Waals surface area contributed by atoms with E-state index in [1.807, 2.05) is 117 Å². The zero-order valence-corrected chi connectivity index (χ0v) is 78.6. The number of aliphatic hydroxyl groups excluding tert-OH is 3. The Morgan fingerprint density at radius 1 is 0.523 bits per heavy atom. The van der Waals surface area contributed by atoms with Gasteiger partial charge in [-0.3, -0.25) is 44.0 Å². The Morgan fingerprint density at radius 2 is 0.992 bits per heavy atom. The predicted octanol–water partition coefficient (Wildman–Crippen LogP) is 12.6. The number of rotatable bonds is 38. The van der Waals surface area contributed by atoms with Gasteiger partial charge in [-0.1, -0.05) is 24.0 Å². The van der Waals surface area contributed by atoms with Crippen molar-refractivity contribution < 1.29 is 43.9 Å². The molecule has 9 N–H and O–H groups in total. The average Bonchev–Trinajstić information content (AvgIpc) is 0.793. The van der Waals surface area contributed by atoms with Gasteiger partial charge in [-0.05, 0) is 303 Å². The zero-order chi connectivity index (χ0) is 91.6. The number of hydrogen-bond donors (Lipinski definition) is 9. The van der Waals surface area contributed by atoms with Gasteiger partial charge >= 0.3 is 0 Å². The number of aliphatic hydroxyl groups is 3. The highest BCUT2D eigenvalue weighted by Gasteiger charge is 2.35. The number of hydrogen-bond acceptors (Lipinski definition) is 21. The lowest BCUT2D eigenvalue weighted by Gasteiger charge is -2.41. The molecule has 26 heteroatoms. The number of ether oxygens (including phenoxy) is 4. The molecule has 12 rings (SSSR count). The second-order valence-electron chi connectivity index (χ2n) is 35.8. The minimum atomic E-state index is -1.10. The monoisotopic (exact) mass is 1750 g/mol. The van der Waals surface area contributed by atoms with Crippen LogP contribution in [-0.2, 0) is 42.2 Å². The van der Waals surface area contributed by atoms with Gasteiger partial charge in [0, 0.05) is 206 Å². The molecule has 4 aliphatic rings. The number of nitrogens with zero attached hydrogens (tertiary/aromatic N) is 8. The number of benzene rings is 4. The van der Waals surface area contributed by atoms with Crippen LogP contribution in [0.2, 0.25) is 0 Å². The number of aromatic nitrogens is 4. The largest absolute Gasteiger partial charge is 0.491 e. The Bertz CT molecular complexity index is 5360. The number of carbonyl (C=O) groups is 2. The lowest BCUT2D eigenvalue weighted by Crippen LogP contribution is -2.44. The molecule has 2 amide bonds. The molecule has 8 aromatic rings. The average molecular weight is 1750 g/mol. The van der Waals surface area contributed by atoms with E-state index in [4.69, 9.17) is 18.9 Å². The number of methoxy groups -OCH3 is 1. The second-order valence-corrected chi connectivity index (χ2v) is 35.8. The van der Waals surface area contributed by atoms with E-state index in [0.717, 1.165) is 216 Å². The number of anilines is 3. The summed E-state index contributed by atoms with van der Waals surface area (Å²) in [6.07, 6.45) is 12.2. The van der Waals surface area contributed by atoms with Crippen molar-refractivity contribution in [3.05, 3.63) is 217 Å². The SMILES string of the molecule is CCN(c1cc(C#CCN2CCOCC2)cc(C(=O)NCc2c(C)c(CN(C)C3CCC(N(CC)c4cc(-c5ccc(OCCO)cc5)cc(C(=O)NCc5c(C)c(CN(C)C6CCC(N(CC)c7cc(-c8ccc(OCCO)nc8)cc(C(O)NCc8c(C)cc(C)[nH]c8=O)c7C)CC6)c(C)[nH]c5=O)c4C)CC3)c(C)[nH]c2=O)c1C)C1CCC(N(C)CCOC)CC1. The number of aromatic amines is 3. The van der Waals surface area contributed by atoms with Crippen LogP contribution in [0, 0.1) is 74.2 Å². The van der Waals surface area contributed by atoms with Gasteiger partial charge < -0.3 is 79.5 Å². The zero-order valence-electron chi connectivity index (χ0n) is 78.6. The number of carbonyl (C=O) groups excluding carboxylic acids is 2. The van der Waals surface area contributed by atoms with Crippen LogP contribution in [0.25, 0.3) is 22.3 Å². The summed E-state index contributed by atoms with van der Waals surface area (Å²) in [5, 5.41) is 40.7. The topological polar surface area (TPSA) is 302 Å². The maximum absolute atomic E-state index is 15.2. The molecule has 690 valence electrons. The van der Waals surface area contributed by atoms with E-state index >= 15 is 4.79 Å². The highest BCUT2D eigenvalue weighted by atomic mass is 16.5. The Kier molecular flexibility index (Phi) is 34.5. The van der Waals surface area contributed by atoms with Crippen molar-refractivity contribution in [2.45, 2.75) is 235 Å². The van der Waals surface area contributed by atoms with Crippen LogP contribution < -0.4 is 56.8 Å². The normalized spacial score (nSPS) is 18.2. The minimum absolute atomic E-state index is 0.00980. The van der Waals surface area contributed by atoms with Crippen molar-refractivity contribution in [3.8, 4) is 45.7 Å². The Morgan fingerprint density at radius 3 is 1.48 bits per heavy atom. The maximum atomic E-state index is 15.2. The van der Waals surface area contributed by atoms with Gasteiger partial charge in [0.25, 0.3) is 28.5 Å². The van der Waals surface area contributed by atoms with E-state index in [9.17, 15) is 34.5 Å². The summed E-state index contributed by atoms with van der Waals surface area (Å²) in [4.78, 5) is 102. The first-order valence-electron chi connectivity index (χ1n) is 46.4. The Balaban J connectivity index is 0.712. The maximum Gasteiger partial charge on any atom is 0.253 e. The highest BCUT2D eigenvalue weighted by molar-refractivity contribution is 5.99. The van der Waals surface area contributed by atoms with Gasteiger partial charge in [0.1, 0.15) is 25.2 Å². The number of amides is 2. The third-order valence-electron chi connectivity index (χ3n) is 27.9. The van der Waals surface area contributed by atoms with E-state index in [1.54, 1.807) is 19.4 Å². The summed E-state index contributed by atoms with van der Waals surface area (Å²) in [7, 11) is 8.28. The third kappa shape index (κ3) is 23.6. The van der Waals surface area contributed by atoms with Gasteiger partial charge in [-0.2, -0.15) is 0 Å². The molecule has 4 aromatic heterocycles. The van der Waals surface area contributed by atoms with Crippen molar-refractivity contribution in [3.63, 3.8) is 0 Å². The first kappa shape index (κ1) is 97.0. The minimum Gasteiger partial charge on any atom is -0.491 e. The van der Waals surface area contributed by atoms with Crippen molar-refractivity contribution in [1.29, 1.82) is 0 Å². The van der Waals surface area contributed by atoms with Gasteiger partial charge in [0.15, 0.2) is 0 Å². The fraction of sp³-hybridized carbons (Fsp3) is 0.529. The summed E-state index contributed by atoms with van der Waals surface area (Å²) < 4.78 is 22.4. The summed E-state index contributed by atoms with van der Waals surface area (Å²) in [5.74, 6) is 7.34. The number of likely N-dealkylation sites (N-methyl/N-ethyl adjacent to an activating group) is 1. The molecule has 0 spiro atoms. The van der Waals surface area contributed by atoms with Crippen molar-refractivity contribution in [2.75, 3.05) is 135 Å². The van der Waals surface area contributed by atoms with E-state index < -0.39 is 6.23 Å². The van der Waals surface area contributed by atoms with Gasteiger partial charge in [0.2, 0.25) is 5.88 Å². The lowest BCUT2D eigenvalue weighted by atomic mass is 9.87. The Hall–Kier alpha value is -10.0. The molecule has 1 atom stereocenters. The van der Waals surface area contributed by atoms with Gasteiger partial charge in [-0.15, -0.1) is 0 Å². The summed E-state index contributed by atoms with van der Waals surface area (Å²) >= 11 is 0. The predicted molar refractivity (Wildman–Crippen MR) is 510 cm³/mol. The van der Waals surface area contributed by atoms with E-state index in [0.29, 0.717) is 103 Å². The van der Waals surface area contributed by atoms with E-state index in [1.165, 1.54) is 0 Å². The fourth-order valence-corrected chi connectivity index (χ4v) is 20.1. The van der Waals surface area contributed by atoms with Crippen LogP contribution in [0.5, 0.6) is 11.6 Å². The molecule has 26 nitrogen and oxygen atoms in total. The standard InChI is InChI=1S/C102H140N14O12/c1-17-114(81-31-25-78(26-32-81)110(13)41-46-125-16)93-53-73(21-20-40-113-42-47-126-48-43-113)52-85(68(93)8)97(119)105-60-89-66(6)91(71(11)108-101(89)123)62-111(14)79-27-33-82(34-28-79)115(18-2)94-56-76(74-22-37-84(38-23-74)127-49-44-117)54-86(69(94)9)99(121)106-61-90-67(7)92(72(12)109-102(90)124)63-112(15)80-29-35-83(36-30-80)116(19-3)95-57-77(75-24-39-96(103-58-75)128-50-45-118)55-87(70(95)10)98(120)104-59-88-64(4)51-65(5)107-100(88)122/h22-24,37-39,51-58,78-83,98,104,117-118,120H,17-19,25-36,40-50,59-63H2,1-16H3,(H,105,119)(H,106,121)(H,107,122)(H,108,123)(H,109,124). The van der Waals surface area contributed by atoms with E-state index in [-0.39, 0.29) is 98.7 Å². The molecule has 128 heavy (non-hydrogen) atoms. The molecule has 3 saturated carbocycles. The number of pyridine rings is 4. The summed E-state index contributed by atoms with van der Waals surface area (Å²) in [5.41, 5.74) is 19.5. The fourth-order valence-electron chi connectivity index (χ4n) is 20.1. The molecule has 0 radical (unpaired) electrons. The second kappa shape index (κ2) is 45.5. The van der Waals surface area contributed by atoms with Crippen LogP contribution >= 0.6 is 0 Å². The third-order valence-corrected chi connectivity index (χ3v) is 27.9. The van der Waals surface area contributed by atoms with Crippen molar-refractivity contribution in [1.82, 2.24) is 55.5 Å². The number of morpholine rings is 1. The van der Waals surface area contributed by atoms with Crippen LogP contribution in [0.15, 0.2) is 99.4 Å². The number of H-pyrrole nitrogens is 3. The summed E-state index contributed by atoms with van der Waals surface area (Å²) in [6, 6.07) is 27.4.